The van der Waals surface area contributed by atoms with Gasteiger partial charge in [0.25, 0.3) is 0 Å². The van der Waals surface area contributed by atoms with Gasteiger partial charge in [0.05, 0.1) is 7.11 Å². The zero-order valence-corrected chi connectivity index (χ0v) is 9.29. The van der Waals surface area contributed by atoms with Gasteiger partial charge in [0.2, 0.25) is 0 Å². The number of rotatable bonds is 3. The topological polar surface area (TPSA) is 48.1 Å². The maximum absolute atomic E-state index is 5.64. The number of aromatic nitrogens is 1. The largest absolute Gasteiger partial charge is 0.496 e. The van der Waals surface area contributed by atoms with Crippen LogP contribution in [0.1, 0.15) is 25.1 Å². The van der Waals surface area contributed by atoms with Gasteiger partial charge in [0.15, 0.2) is 0 Å². The number of nitrogen functional groups attached to an aromatic ring is 1. The molecule has 0 saturated carbocycles. The van der Waals surface area contributed by atoms with Crippen LogP contribution in [0.15, 0.2) is 6.07 Å². The number of hydrogen-bond acceptors (Lipinski definition) is 3. The molecule has 0 bridgehead atoms. The van der Waals surface area contributed by atoms with Crippen molar-refractivity contribution in [1.82, 2.24) is 4.98 Å². The van der Waals surface area contributed by atoms with Crippen LogP contribution in [0.5, 0.6) is 5.75 Å². The molecule has 1 rings (SSSR count). The van der Waals surface area contributed by atoms with E-state index in [9.17, 15) is 0 Å². The van der Waals surface area contributed by atoms with Crippen molar-refractivity contribution in [2.45, 2.75) is 27.2 Å². The summed E-state index contributed by atoms with van der Waals surface area (Å²) in [7, 11) is 1.66. The molecule has 0 unspecified atom stereocenters. The molecule has 0 aliphatic rings. The minimum atomic E-state index is 0.520. The van der Waals surface area contributed by atoms with Gasteiger partial charge >= 0.3 is 0 Å². The van der Waals surface area contributed by atoms with Crippen LogP contribution in [0.25, 0.3) is 0 Å². The Balaban J connectivity index is 3.11. The van der Waals surface area contributed by atoms with Crippen molar-refractivity contribution >= 4 is 5.82 Å². The van der Waals surface area contributed by atoms with Crippen LogP contribution in [0.2, 0.25) is 0 Å². The lowest BCUT2D eigenvalue weighted by Crippen LogP contribution is -2.04. The van der Waals surface area contributed by atoms with Crippen molar-refractivity contribution in [1.29, 1.82) is 0 Å². The van der Waals surface area contributed by atoms with Gasteiger partial charge in [-0.1, -0.05) is 13.8 Å². The molecule has 0 aliphatic carbocycles. The predicted octanol–water partition coefficient (Wildman–Crippen LogP) is 2.18. The molecule has 1 aromatic rings. The van der Waals surface area contributed by atoms with Gasteiger partial charge in [-0.15, -0.1) is 0 Å². The Bertz CT molecular complexity index is 321. The van der Waals surface area contributed by atoms with E-state index in [1.165, 1.54) is 0 Å². The number of methoxy groups -OCH3 is 1. The molecule has 14 heavy (non-hydrogen) atoms. The standard InChI is InChI=1S/C11H18N2O/c1-7(2)5-9-8(3)13-11(12)6-10(9)14-4/h6-7H,5H2,1-4H3,(H2,12,13). The summed E-state index contributed by atoms with van der Waals surface area (Å²) in [4.78, 5) is 4.23. The third-order valence-corrected chi connectivity index (χ3v) is 2.14. The van der Waals surface area contributed by atoms with Gasteiger partial charge < -0.3 is 10.5 Å². The number of anilines is 1. The summed E-state index contributed by atoms with van der Waals surface area (Å²) in [6.45, 7) is 6.32. The first kappa shape index (κ1) is 10.8. The predicted molar refractivity (Wildman–Crippen MR) is 58.5 cm³/mol. The minimum Gasteiger partial charge on any atom is -0.496 e. The Morgan fingerprint density at radius 1 is 1.50 bits per heavy atom. The maximum Gasteiger partial charge on any atom is 0.127 e. The maximum atomic E-state index is 5.64. The number of pyridine rings is 1. The average molecular weight is 194 g/mol. The van der Waals surface area contributed by atoms with Gasteiger partial charge in [-0.3, -0.25) is 0 Å². The van der Waals surface area contributed by atoms with E-state index in [4.69, 9.17) is 10.5 Å². The molecular formula is C11H18N2O. The Morgan fingerprint density at radius 3 is 2.64 bits per heavy atom. The highest BCUT2D eigenvalue weighted by molar-refractivity contribution is 5.45. The van der Waals surface area contributed by atoms with Crippen molar-refractivity contribution in [3.05, 3.63) is 17.3 Å². The number of ether oxygens (including phenoxy) is 1. The van der Waals surface area contributed by atoms with E-state index in [1.54, 1.807) is 13.2 Å². The summed E-state index contributed by atoms with van der Waals surface area (Å²) >= 11 is 0. The van der Waals surface area contributed by atoms with Crippen LogP contribution in [0.4, 0.5) is 5.82 Å². The third kappa shape index (κ3) is 2.37. The fraction of sp³-hybridized carbons (Fsp3) is 0.545. The van der Waals surface area contributed by atoms with Crippen LogP contribution in [0, 0.1) is 12.8 Å². The number of nitrogens with two attached hydrogens (primary N) is 1. The fourth-order valence-electron chi connectivity index (χ4n) is 1.53. The molecule has 0 spiro atoms. The lowest BCUT2D eigenvalue weighted by atomic mass is 10.0. The second-order valence-electron chi connectivity index (χ2n) is 3.91. The van der Waals surface area contributed by atoms with E-state index < -0.39 is 0 Å². The van der Waals surface area contributed by atoms with Crippen molar-refractivity contribution in [2.75, 3.05) is 12.8 Å². The number of hydrogen-bond donors (Lipinski definition) is 1. The molecule has 1 aromatic heterocycles. The summed E-state index contributed by atoms with van der Waals surface area (Å²) in [5, 5.41) is 0. The Labute approximate surface area is 85.3 Å². The summed E-state index contributed by atoms with van der Waals surface area (Å²) in [5.74, 6) is 1.96. The highest BCUT2D eigenvalue weighted by atomic mass is 16.5. The summed E-state index contributed by atoms with van der Waals surface area (Å²) in [6, 6.07) is 1.78. The van der Waals surface area contributed by atoms with Crippen molar-refractivity contribution < 1.29 is 4.74 Å². The Morgan fingerprint density at radius 2 is 2.14 bits per heavy atom. The second kappa shape index (κ2) is 4.31. The first-order valence-electron chi connectivity index (χ1n) is 4.84. The van der Waals surface area contributed by atoms with Crippen LogP contribution in [-0.4, -0.2) is 12.1 Å². The summed E-state index contributed by atoms with van der Waals surface area (Å²) < 4.78 is 5.29. The third-order valence-electron chi connectivity index (χ3n) is 2.14. The highest BCUT2D eigenvalue weighted by Gasteiger charge is 2.10. The van der Waals surface area contributed by atoms with Crippen LogP contribution in [0.3, 0.4) is 0 Å². The first-order valence-corrected chi connectivity index (χ1v) is 4.84. The molecule has 0 saturated heterocycles. The van der Waals surface area contributed by atoms with Gasteiger partial charge in [-0.2, -0.15) is 0 Å². The van der Waals surface area contributed by atoms with Crippen molar-refractivity contribution in [2.24, 2.45) is 5.92 Å². The summed E-state index contributed by atoms with van der Waals surface area (Å²) in [5.41, 5.74) is 7.78. The van der Waals surface area contributed by atoms with Crippen molar-refractivity contribution in [3.63, 3.8) is 0 Å². The Hall–Kier alpha value is -1.25. The van der Waals surface area contributed by atoms with E-state index in [2.05, 4.69) is 18.8 Å². The molecule has 0 atom stereocenters. The van der Waals surface area contributed by atoms with Crippen LogP contribution >= 0.6 is 0 Å². The zero-order valence-electron chi connectivity index (χ0n) is 9.29. The second-order valence-corrected chi connectivity index (χ2v) is 3.91. The fourth-order valence-corrected chi connectivity index (χ4v) is 1.53. The lowest BCUT2D eigenvalue weighted by Gasteiger charge is -2.13. The van der Waals surface area contributed by atoms with Gasteiger partial charge in [-0.25, -0.2) is 4.98 Å². The summed E-state index contributed by atoms with van der Waals surface area (Å²) in [6.07, 6.45) is 0.974. The van der Waals surface area contributed by atoms with E-state index >= 15 is 0 Å². The Kier molecular flexibility index (Phi) is 3.33. The highest BCUT2D eigenvalue weighted by Crippen LogP contribution is 2.25. The minimum absolute atomic E-state index is 0.520. The monoisotopic (exact) mass is 194 g/mol. The quantitative estimate of drug-likeness (QED) is 0.802. The molecule has 0 aromatic carbocycles. The van der Waals surface area contributed by atoms with E-state index in [-0.39, 0.29) is 0 Å². The molecule has 2 N–H and O–H groups in total. The lowest BCUT2D eigenvalue weighted by molar-refractivity contribution is 0.405. The molecule has 3 heteroatoms. The molecule has 78 valence electrons. The van der Waals surface area contributed by atoms with E-state index in [0.717, 1.165) is 23.4 Å². The smallest absolute Gasteiger partial charge is 0.127 e. The SMILES string of the molecule is COc1cc(N)nc(C)c1CC(C)C. The normalized spacial score (nSPS) is 10.6. The molecule has 3 nitrogen and oxygen atoms in total. The van der Waals surface area contributed by atoms with E-state index in [1.807, 2.05) is 6.92 Å². The van der Waals surface area contributed by atoms with Crippen LogP contribution < -0.4 is 10.5 Å². The number of aryl methyl sites for hydroxylation is 1. The van der Waals surface area contributed by atoms with E-state index in [0.29, 0.717) is 11.7 Å². The molecular weight excluding hydrogens is 176 g/mol. The molecule has 0 amide bonds. The average Bonchev–Trinajstić information content (AvgIpc) is 2.08. The zero-order chi connectivity index (χ0) is 10.7. The van der Waals surface area contributed by atoms with Crippen molar-refractivity contribution in [3.8, 4) is 5.75 Å². The van der Waals surface area contributed by atoms with Crippen LogP contribution in [-0.2, 0) is 6.42 Å². The molecule has 0 radical (unpaired) electrons. The number of nitrogens with zero attached hydrogens (tertiary/aromatic N) is 1. The molecule has 0 fully saturated rings. The molecule has 1 heterocycles. The molecule has 0 aliphatic heterocycles. The van der Waals surface area contributed by atoms with Gasteiger partial charge in [0, 0.05) is 17.3 Å². The van der Waals surface area contributed by atoms with Gasteiger partial charge in [-0.05, 0) is 19.3 Å². The first-order chi connectivity index (χ1) is 6.54. The van der Waals surface area contributed by atoms with Gasteiger partial charge in [0.1, 0.15) is 11.6 Å².